The van der Waals surface area contributed by atoms with E-state index >= 15 is 0 Å². The van der Waals surface area contributed by atoms with Gasteiger partial charge in [0.1, 0.15) is 5.76 Å². The monoisotopic (exact) mass is 246 g/mol. The largest absolute Gasteiger partial charge is 0.496 e. The summed E-state index contributed by atoms with van der Waals surface area (Å²) in [5.74, 6) is 1.06. The Morgan fingerprint density at radius 2 is 2.00 bits per heavy atom. The van der Waals surface area contributed by atoms with Gasteiger partial charge in [-0.2, -0.15) is 0 Å². The van der Waals surface area contributed by atoms with Crippen molar-refractivity contribution in [2.45, 2.75) is 19.4 Å². The number of nitrogens with zero attached hydrogens (tertiary/aromatic N) is 1. The lowest BCUT2D eigenvalue weighted by Gasteiger charge is -2.20. The summed E-state index contributed by atoms with van der Waals surface area (Å²) >= 11 is 0. The van der Waals surface area contributed by atoms with Gasteiger partial charge < -0.3 is 15.0 Å². The molecule has 0 aliphatic carbocycles. The predicted molar refractivity (Wildman–Crippen MR) is 75.8 cm³/mol. The van der Waals surface area contributed by atoms with Crippen molar-refractivity contribution >= 4 is 5.69 Å². The van der Waals surface area contributed by atoms with Crippen molar-refractivity contribution in [2.24, 2.45) is 0 Å². The normalized spacial score (nSPS) is 16.1. The van der Waals surface area contributed by atoms with E-state index in [0.29, 0.717) is 0 Å². The molecule has 0 bridgehead atoms. The molecule has 0 amide bonds. The average molecular weight is 246 g/mol. The van der Waals surface area contributed by atoms with Gasteiger partial charge in [-0.15, -0.1) is 0 Å². The zero-order valence-electron chi connectivity index (χ0n) is 11.4. The van der Waals surface area contributed by atoms with E-state index in [1.54, 1.807) is 0 Å². The minimum Gasteiger partial charge on any atom is -0.496 e. The number of likely N-dealkylation sites (N-methyl/N-ethyl adjacent to an activating group) is 1. The first-order valence-corrected chi connectivity index (χ1v) is 6.56. The van der Waals surface area contributed by atoms with Crippen LogP contribution in [0, 0.1) is 0 Å². The lowest BCUT2D eigenvalue weighted by atomic mass is 10.0. The van der Waals surface area contributed by atoms with E-state index in [1.165, 1.54) is 11.3 Å². The van der Waals surface area contributed by atoms with Crippen molar-refractivity contribution < 1.29 is 4.74 Å². The van der Waals surface area contributed by atoms with Crippen molar-refractivity contribution in [1.29, 1.82) is 0 Å². The fourth-order valence-corrected chi connectivity index (χ4v) is 2.19. The van der Waals surface area contributed by atoms with E-state index in [-0.39, 0.29) is 6.04 Å². The third kappa shape index (κ3) is 2.85. The molecule has 1 atom stereocenters. The maximum atomic E-state index is 5.69. The molecule has 0 aromatic heterocycles. The summed E-state index contributed by atoms with van der Waals surface area (Å²) in [6.45, 7) is 3.87. The highest BCUT2D eigenvalue weighted by Crippen LogP contribution is 2.27. The van der Waals surface area contributed by atoms with Crippen LogP contribution in [0.25, 0.3) is 0 Å². The van der Waals surface area contributed by atoms with E-state index in [0.717, 1.165) is 25.3 Å². The average Bonchev–Trinajstić information content (AvgIpc) is 2.90. The molecule has 18 heavy (non-hydrogen) atoms. The molecule has 2 rings (SSSR count). The number of rotatable bonds is 5. The molecule has 0 radical (unpaired) electrons. The van der Waals surface area contributed by atoms with Crippen molar-refractivity contribution in [1.82, 2.24) is 5.32 Å². The first-order valence-electron chi connectivity index (χ1n) is 6.56. The smallest absolute Gasteiger partial charge is 0.114 e. The van der Waals surface area contributed by atoms with Gasteiger partial charge in [0.15, 0.2) is 0 Å². The summed E-state index contributed by atoms with van der Waals surface area (Å²) in [5, 5.41) is 3.48. The maximum absolute atomic E-state index is 5.69. The highest BCUT2D eigenvalue weighted by Gasteiger charge is 2.19. The molecule has 98 valence electrons. The summed E-state index contributed by atoms with van der Waals surface area (Å²) < 4.78 is 5.69. The molecule has 1 aromatic rings. The third-order valence-electron chi connectivity index (χ3n) is 3.17. The Morgan fingerprint density at radius 1 is 1.28 bits per heavy atom. The molecule has 0 spiro atoms. The van der Waals surface area contributed by atoms with Gasteiger partial charge in [-0.25, -0.2) is 0 Å². The van der Waals surface area contributed by atoms with E-state index in [4.69, 9.17) is 4.74 Å². The molecule has 1 aliphatic rings. The molecule has 1 unspecified atom stereocenters. The second-order valence-electron chi connectivity index (χ2n) is 4.72. The summed E-state index contributed by atoms with van der Waals surface area (Å²) in [7, 11) is 4.11. The predicted octanol–water partition coefficient (Wildman–Crippen LogP) is 2.71. The standard InChI is InChI=1S/C15H22N2O/c1-4-16-15(14-6-5-11-18-14)12-7-9-13(10-8-12)17(2)3/h6-10,15-16H,4-5,11H2,1-3H3. The topological polar surface area (TPSA) is 24.5 Å². The second kappa shape index (κ2) is 5.91. The Balaban J connectivity index is 2.19. The number of hydrogen-bond donors (Lipinski definition) is 1. The Labute approximate surface area is 109 Å². The Bertz CT molecular complexity index is 409. The van der Waals surface area contributed by atoms with Gasteiger partial charge in [0.05, 0.1) is 12.6 Å². The molecule has 0 saturated carbocycles. The first kappa shape index (κ1) is 13.0. The lowest BCUT2D eigenvalue weighted by Crippen LogP contribution is -2.23. The van der Waals surface area contributed by atoms with Gasteiger partial charge in [-0.3, -0.25) is 0 Å². The van der Waals surface area contributed by atoms with Crippen LogP contribution < -0.4 is 10.2 Å². The van der Waals surface area contributed by atoms with Gasteiger partial charge in [0.25, 0.3) is 0 Å². The molecular weight excluding hydrogens is 224 g/mol. The number of hydrogen-bond acceptors (Lipinski definition) is 3. The van der Waals surface area contributed by atoms with E-state index in [1.807, 2.05) is 0 Å². The molecular formula is C15H22N2O. The van der Waals surface area contributed by atoms with Gasteiger partial charge >= 0.3 is 0 Å². The first-order chi connectivity index (χ1) is 8.72. The lowest BCUT2D eigenvalue weighted by molar-refractivity contribution is 0.216. The molecule has 3 heteroatoms. The molecule has 3 nitrogen and oxygen atoms in total. The van der Waals surface area contributed by atoms with Gasteiger partial charge in [-0.1, -0.05) is 19.1 Å². The van der Waals surface area contributed by atoms with E-state index < -0.39 is 0 Å². The third-order valence-corrected chi connectivity index (χ3v) is 3.17. The van der Waals surface area contributed by atoms with E-state index in [2.05, 4.69) is 61.6 Å². The zero-order valence-corrected chi connectivity index (χ0v) is 11.4. The van der Waals surface area contributed by atoms with Crippen LogP contribution >= 0.6 is 0 Å². The maximum Gasteiger partial charge on any atom is 0.114 e. The summed E-state index contributed by atoms with van der Waals surface area (Å²) in [5.41, 5.74) is 2.48. The Kier molecular flexibility index (Phi) is 4.26. The summed E-state index contributed by atoms with van der Waals surface area (Å²) in [6, 6.07) is 8.83. The fraction of sp³-hybridized carbons (Fsp3) is 0.467. The molecule has 1 aliphatic heterocycles. The zero-order chi connectivity index (χ0) is 13.0. The minimum atomic E-state index is 0.189. The quantitative estimate of drug-likeness (QED) is 0.864. The number of nitrogens with one attached hydrogen (secondary N) is 1. The van der Waals surface area contributed by atoms with Crippen molar-refractivity contribution in [3.63, 3.8) is 0 Å². The van der Waals surface area contributed by atoms with Gasteiger partial charge in [0, 0.05) is 26.2 Å². The molecule has 0 fully saturated rings. The van der Waals surface area contributed by atoms with Crippen LogP contribution in [0.2, 0.25) is 0 Å². The van der Waals surface area contributed by atoms with Crippen LogP contribution in [0.15, 0.2) is 36.1 Å². The van der Waals surface area contributed by atoms with Crippen LogP contribution in [0.4, 0.5) is 5.69 Å². The molecule has 1 heterocycles. The van der Waals surface area contributed by atoms with Gasteiger partial charge in [-0.05, 0) is 30.3 Å². The minimum absolute atomic E-state index is 0.189. The second-order valence-corrected chi connectivity index (χ2v) is 4.72. The Hall–Kier alpha value is -1.48. The Morgan fingerprint density at radius 3 is 2.50 bits per heavy atom. The highest BCUT2D eigenvalue weighted by molar-refractivity contribution is 5.47. The molecule has 1 N–H and O–H groups in total. The van der Waals surface area contributed by atoms with Crippen LogP contribution in [0.3, 0.4) is 0 Å². The number of anilines is 1. The van der Waals surface area contributed by atoms with Gasteiger partial charge in [0.2, 0.25) is 0 Å². The van der Waals surface area contributed by atoms with Crippen molar-refractivity contribution in [2.75, 3.05) is 32.1 Å². The van der Waals surface area contributed by atoms with E-state index in [9.17, 15) is 0 Å². The number of ether oxygens (including phenoxy) is 1. The number of benzene rings is 1. The van der Waals surface area contributed by atoms with Crippen molar-refractivity contribution in [3.8, 4) is 0 Å². The summed E-state index contributed by atoms with van der Waals surface area (Å²) in [4.78, 5) is 2.11. The van der Waals surface area contributed by atoms with Crippen LogP contribution in [-0.2, 0) is 4.74 Å². The van der Waals surface area contributed by atoms with Crippen LogP contribution in [0.5, 0.6) is 0 Å². The SMILES string of the molecule is CCNC(C1=CCCO1)c1ccc(N(C)C)cc1. The van der Waals surface area contributed by atoms with Crippen LogP contribution in [0.1, 0.15) is 24.9 Å². The summed E-state index contributed by atoms with van der Waals surface area (Å²) in [6.07, 6.45) is 3.21. The fourth-order valence-electron chi connectivity index (χ4n) is 2.19. The molecule has 1 aromatic carbocycles. The van der Waals surface area contributed by atoms with Crippen molar-refractivity contribution in [3.05, 3.63) is 41.7 Å². The van der Waals surface area contributed by atoms with Crippen LogP contribution in [-0.4, -0.2) is 27.2 Å². The molecule has 0 saturated heterocycles. The highest BCUT2D eigenvalue weighted by atomic mass is 16.5.